The van der Waals surface area contributed by atoms with Gasteiger partial charge in [0.05, 0.1) is 0 Å². The first-order chi connectivity index (χ1) is 20.5. The molecule has 0 unspecified atom stereocenters. The summed E-state index contributed by atoms with van der Waals surface area (Å²) in [6, 6.07) is 13.7. The van der Waals surface area contributed by atoms with Crippen molar-refractivity contribution in [2.75, 3.05) is 0 Å². The van der Waals surface area contributed by atoms with Crippen LogP contribution in [0.25, 0.3) is 0 Å². The highest BCUT2D eigenvalue weighted by Crippen LogP contribution is 2.24. The molecular weight excluding hydrogens is 548 g/mol. The van der Waals surface area contributed by atoms with E-state index in [9.17, 15) is 0 Å². The van der Waals surface area contributed by atoms with E-state index in [0.29, 0.717) is 47.5 Å². The van der Waals surface area contributed by atoms with Crippen molar-refractivity contribution in [1.82, 2.24) is 19.5 Å². The minimum atomic E-state index is 0. The largest absolute Gasteiger partial charge is 0.365 e. The SMILES string of the molecule is C.CC(C)c1c[nH]c(C(C)C)c1.CC(C)c1cc[nH]c1C(C)C.CC(C)c1ccc(C(C)C)[nH]1.CC(C)c1cccn1C(C)C. The van der Waals surface area contributed by atoms with Gasteiger partial charge in [-0.1, -0.05) is 104 Å². The standard InChI is InChI=1S/4C10H17N.CH4/c1-7(2)9-5-10(8(3)4)11-6-9;1-8(2)10-6-5-7-11(10)9(3)4;1-7(2)9-5-6-11-10(9)8(3)4;1-7(2)9-5-6-10(11-9)8(3)4;/h5-8,11H,1-4H3;5-9H,1-4H3;2*5-8,11H,1-4H3;1H4. The maximum Gasteiger partial charge on any atom is 0.0276 e. The second-order valence-corrected chi connectivity index (χ2v) is 14.6. The second-order valence-electron chi connectivity index (χ2n) is 14.6. The summed E-state index contributed by atoms with van der Waals surface area (Å²) in [5, 5.41) is 0. The Labute approximate surface area is 279 Å². The molecule has 0 aliphatic carbocycles. The highest BCUT2D eigenvalue weighted by molar-refractivity contribution is 5.26. The highest BCUT2D eigenvalue weighted by Gasteiger charge is 2.10. The van der Waals surface area contributed by atoms with Crippen LogP contribution in [0.3, 0.4) is 0 Å². The smallest absolute Gasteiger partial charge is 0.0276 e. The van der Waals surface area contributed by atoms with Crippen molar-refractivity contribution < 1.29 is 0 Å². The molecule has 4 rings (SSSR count). The fourth-order valence-electron chi connectivity index (χ4n) is 4.96. The molecule has 4 nitrogen and oxygen atoms in total. The molecule has 0 bridgehead atoms. The lowest BCUT2D eigenvalue weighted by Crippen LogP contribution is -2.04. The van der Waals surface area contributed by atoms with E-state index in [4.69, 9.17) is 0 Å². The first kappa shape index (κ1) is 42.1. The molecule has 0 saturated heterocycles. The van der Waals surface area contributed by atoms with Gasteiger partial charge in [0, 0.05) is 53.1 Å². The van der Waals surface area contributed by atoms with Gasteiger partial charge in [0.15, 0.2) is 0 Å². The molecule has 0 aliphatic rings. The van der Waals surface area contributed by atoms with Crippen molar-refractivity contribution >= 4 is 0 Å². The van der Waals surface area contributed by atoms with Crippen molar-refractivity contribution in [1.29, 1.82) is 0 Å². The monoisotopic (exact) mass is 621 g/mol. The van der Waals surface area contributed by atoms with E-state index in [-0.39, 0.29) is 7.43 Å². The Kier molecular flexibility index (Phi) is 19.0. The Morgan fingerprint density at radius 2 is 1.07 bits per heavy atom. The van der Waals surface area contributed by atoms with Gasteiger partial charge in [-0.25, -0.2) is 0 Å². The third kappa shape index (κ3) is 14.0. The molecule has 4 heterocycles. The van der Waals surface area contributed by atoms with Crippen molar-refractivity contribution in [3.8, 4) is 0 Å². The lowest BCUT2D eigenvalue weighted by atomic mass is 9.98. The molecule has 45 heavy (non-hydrogen) atoms. The van der Waals surface area contributed by atoms with Crippen molar-refractivity contribution in [3.63, 3.8) is 0 Å². The molecule has 4 aromatic rings. The summed E-state index contributed by atoms with van der Waals surface area (Å²) < 4.78 is 2.32. The number of aromatic amines is 3. The van der Waals surface area contributed by atoms with Gasteiger partial charge in [0.2, 0.25) is 0 Å². The lowest BCUT2D eigenvalue weighted by molar-refractivity contribution is 0.560. The Balaban J connectivity index is 0.000000569. The van der Waals surface area contributed by atoms with E-state index in [1.807, 2.05) is 6.20 Å². The number of hydrogen-bond acceptors (Lipinski definition) is 0. The van der Waals surface area contributed by atoms with Gasteiger partial charge in [0.1, 0.15) is 0 Å². The zero-order valence-corrected chi connectivity index (χ0v) is 31.3. The van der Waals surface area contributed by atoms with Crippen LogP contribution in [-0.2, 0) is 0 Å². The summed E-state index contributed by atoms with van der Waals surface area (Å²) in [6.45, 7) is 35.4. The molecule has 4 heteroatoms. The zero-order chi connectivity index (χ0) is 33.7. The molecule has 3 N–H and O–H groups in total. The summed E-state index contributed by atoms with van der Waals surface area (Å²) >= 11 is 0. The molecule has 0 atom stereocenters. The molecular formula is C41H72N4. The molecule has 0 fully saturated rings. The molecule has 0 aliphatic heterocycles. The molecule has 0 aromatic carbocycles. The first-order valence-corrected chi connectivity index (χ1v) is 17.2. The number of rotatable bonds is 8. The highest BCUT2D eigenvalue weighted by atomic mass is 15.0. The minimum absolute atomic E-state index is 0. The van der Waals surface area contributed by atoms with Crippen LogP contribution in [0.4, 0.5) is 0 Å². The van der Waals surface area contributed by atoms with Gasteiger partial charge in [-0.2, -0.15) is 0 Å². The summed E-state index contributed by atoms with van der Waals surface area (Å²) in [5.41, 5.74) is 9.71. The number of hydrogen-bond donors (Lipinski definition) is 3. The predicted molar refractivity (Wildman–Crippen MR) is 203 cm³/mol. The van der Waals surface area contributed by atoms with Crippen LogP contribution < -0.4 is 0 Å². The van der Waals surface area contributed by atoms with E-state index in [1.165, 1.54) is 39.6 Å². The molecule has 0 spiro atoms. The third-order valence-corrected chi connectivity index (χ3v) is 7.96. The van der Waals surface area contributed by atoms with Crippen LogP contribution >= 0.6 is 0 Å². The average molecular weight is 621 g/mol. The normalized spacial score (nSPS) is 11.2. The van der Waals surface area contributed by atoms with E-state index in [1.54, 1.807) is 0 Å². The van der Waals surface area contributed by atoms with Gasteiger partial charge >= 0.3 is 0 Å². The van der Waals surface area contributed by atoms with Crippen LogP contribution in [0.5, 0.6) is 0 Å². The van der Waals surface area contributed by atoms with Crippen LogP contribution in [0, 0.1) is 0 Å². The van der Waals surface area contributed by atoms with Gasteiger partial charge in [-0.15, -0.1) is 0 Å². The van der Waals surface area contributed by atoms with Crippen LogP contribution in [-0.4, -0.2) is 19.5 Å². The topological polar surface area (TPSA) is 52.3 Å². The number of aromatic nitrogens is 4. The van der Waals surface area contributed by atoms with E-state index in [0.717, 1.165) is 0 Å². The maximum atomic E-state index is 3.41. The Bertz CT molecular complexity index is 1090. The molecule has 0 radical (unpaired) electrons. The summed E-state index contributed by atoms with van der Waals surface area (Å²) in [5.74, 6) is 4.36. The van der Waals surface area contributed by atoms with Gasteiger partial charge in [-0.3, -0.25) is 0 Å². The van der Waals surface area contributed by atoms with Crippen LogP contribution in [0.2, 0.25) is 0 Å². The van der Waals surface area contributed by atoms with E-state index < -0.39 is 0 Å². The summed E-state index contributed by atoms with van der Waals surface area (Å²) in [4.78, 5) is 9.99. The Morgan fingerprint density at radius 3 is 1.36 bits per heavy atom. The maximum absolute atomic E-state index is 3.41. The summed E-state index contributed by atoms with van der Waals surface area (Å²) in [7, 11) is 0. The molecule has 256 valence electrons. The van der Waals surface area contributed by atoms with Crippen molar-refractivity contribution in [2.45, 2.75) is 166 Å². The second kappa shape index (κ2) is 20.3. The number of nitrogens with one attached hydrogen (secondary N) is 3. The van der Waals surface area contributed by atoms with Crippen LogP contribution in [0.15, 0.2) is 55.0 Å². The molecule has 0 saturated carbocycles. The van der Waals surface area contributed by atoms with Crippen molar-refractivity contribution in [2.24, 2.45) is 0 Å². The average Bonchev–Trinajstić information content (AvgIpc) is 3.75. The quantitative estimate of drug-likeness (QED) is 0.175. The third-order valence-electron chi connectivity index (χ3n) is 7.96. The fraction of sp³-hybridized carbons (Fsp3) is 0.610. The Hall–Kier alpha value is -2.88. The first-order valence-electron chi connectivity index (χ1n) is 17.2. The van der Waals surface area contributed by atoms with E-state index in [2.05, 4.69) is 179 Å². The molecule has 0 amide bonds. The van der Waals surface area contributed by atoms with Gasteiger partial charge < -0.3 is 19.5 Å². The minimum Gasteiger partial charge on any atom is -0.365 e. The summed E-state index contributed by atoms with van der Waals surface area (Å²) in [6.07, 6.45) is 6.30. The van der Waals surface area contributed by atoms with Crippen LogP contribution in [0.1, 0.15) is 205 Å². The van der Waals surface area contributed by atoms with E-state index >= 15 is 0 Å². The van der Waals surface area contributed by atoms with Gasteiger partial charge in [-0.05, 0) is 103 Å². The lowest BCUT2D eigenvalue weighted by Gasteiger charge is -2.14. The number of H-pyrrole nitrogens is 3. The predicted octanol–water partition coefficient (Wildman–Crippen LogP) is 13.6. The fourth-order valence-corrected chi connectivity index (χ4v) is 4.96. The molecule has 4 aromatic heterocycles. The number of nitrogens with zero attached hydrogens (tertiary/aromatic N) is 1. The van der Waals surface area contributed by atoms with Crippen molar-refractivity contribution in [3.05, 3.63) is 94.6 Å². The van der Waals surface area contributed by atoms with Gasteiger partial charge in [0.25, 0.3) is 0 Å². The Morgan fingerprint density at radius 1 is 0.533 bits per heavy atom. The zero-order valence-electron chi connectivity index (χ0n) is 31.3.